The Morgan fingerprint density at radius 1 is 0.741 bits per heavy atom. The maximum atomic E-state index is 5.66. The highest BCUT2D eigenvalue weighted by molar-refractivity contribution is 5.87. The van der Waals surface area contributed by atoms with Gasteiger partial charge in [-0.15, -0.1) is 5.10 Å². The van der Waals surface area contributed by atoms with Crippen LogP contribution in [0.2, 0.25) is 0 Å². The summed E-state index contributed by atoms with van der Waals surface area (Å²) in [6.07, 6.45) is 3.33. The molecule has 3 aromatic carbocycles. The van der Waals surface area contributed by atoms with E-state index in [0.29, 0.717) is 0 Å². The van der Waals surface area contributed by atoms with Gasteiger partial charge in [-0.1, -0.05) is 92.2 Å². The minimum absolute atomic E-state index is 0.741. The van der Waals surface area contributed by atoms with Gasteiger partial charge in [-0.05, 0) is 29.5 Å². The smallest absolute Gasteiger partial charge is 0.195 e. The highest BCUT2D eigenvalue weighted by Gasteiger charge is 2.20. The van der Waals surface area contributed by atoms with Gasteiger partial charge in [-0.3, -0.25) is 0 Å². The summed E-state index contributed by atoms with van der Waals surface area (Å²) in [7, 11) is 0. The van der Waals surface area contributed by atoms with Gasteiger partial charge in [0.1, 0.15) is 5.69 Å². The van der Waals surface area contributed by atoms with Crippen molar-refractivity contribution >= 4 is 0 Å². The SMILES string of the molecule is CCCCc1ccccc1-c1onnc1-c1ccccc1-c1ccccc1. The first-order chi connectivity index (χ1) is 13.4. The van der Waals surface area contributed by atoms with Crippen molar-refractivity contribution in [3.8, 4) is 33.7 Å². The molecule has 3 heteroatoms. The number of benzene rings is 3. The van der Waals surface area contributed by atoms with Crippen LogP contribution in [0.25, 0.3) is 33.7 Å². The van der Waals surface area contributed by atoms with E-state index in [1.165, 1.54) is 5.56 Å². The Morgan fingerprint density at radius 2 is 1.41 bits per heavy atom. The molecule has 0 N–H and O–H groups in total. The standard InChI is InChI=1S/C24H22N2O/c1-2-3-11-19-14-7-8-16-21(19)24-23(25-26-27-24)22-17-10-9-15-20(22)18-12-5-4-6-13-18/h4-10,12-17H,2-3,11H2,1H3. The Morgan fingerprint density at radius 3 is 2.19 bits per heavy atom. The molecule has 0 atom stereocenters. The van der Waals surface area contributed by atoms with E-state index in [9.17, 15) is 0 Å². The van der Waals surface area contributed by atoms with E-state index in [2.05, 4.69) is 59.8 Å². The third-order valence-electron chi connectivity index (χ3n) is 4.82. The van der Waals surface area contributed by atoms with E-state index >= 15 is 0 Å². The highest BCUT2D eigenvalue weighted by Crippen LogP contribution is 2.37. The second-order valence-electron chi connectivity index (χ2n) is 6.62. The van der Waals surface area contributed by atoms with Gasteiger partial charge in [0, 0.05) is 16.4 Å². The first-order valence-corrected chi connectivity index (χ1v) is 9.44. The van der Waals surface area contributed by atoms with Gasteiger partial charge in [0.15, 0.2) is 5.76 Å². The van der Waals surface area contributed by atoms with Crippen LogP contribution in [0.3, 0.4) is 0 Å². The molecule has 0 unspecified atom stereocenters. The molecule has 0 fully saturated rings. The fourth-order valence-electron chi connectivity index (χ4n) is 3.43. The van der Waals surface area contributed by atoms with Crippen LogP contribution in [0, 0.1) is 0 Å². The molecule has 0 aliphatic carbocycles. The maximum Gasteiger partial charge on any atom is 0.195 e. The zero-order valence-corrected chi connectivity index (χ0v) is 15.4. The van der Waals surface area contributed by atoms with Crippen molar-refractivity contribution in [3.63, 3.8) is 0 Å². The van der Waals surface area contributed by atoms with Gasteiger partial charge in [0.05, 0.1) is 0 Å². The van der Waals surface area contributed by atoms with Gasteiger partial charge >= 0.3 is 0 Å². The predicted octanol–water partition coefficient (Wildman–Crippen LogP) is 6.41. The van der Waals surface area contributed by atoms with Crippen molar-refractivity contribution in [2.75, 3.05) is 0 Å². The molecule has 4 rings (SSSR count). The number of hydrogen-bond donors (Lipinski definition) is 0. The Balaban J connectivity index is 1.84. The van der Waals surface area contributed by atoms with Crippen LogP contribution in [0.4, 0.5) is 0 Å². The zero-order chi connectivity index (χ0) is 18.5. The summed E-state index contributed by atoms with van der Waals surface area (Å²) in [4.78, 5) is 0. The van der Waals surface area contributed by atoms with Gasteiger partial charge in [0.25, 0.3) is 0 Å². The van der Waals surface area contributed by atoms with Gasteiger partial charge < -0.3 is 4.52 Å². The molecule has 1 heterocycles. The number of hydrogen-bond acceptors (Lipinski definition) is 3. The quantitative estimate of drug-likeness (QED) is 0.401. The molecule has 0 spiro atoms. The van der Waals surface area contributed by atoms with Crippen molar-refractivity contribution < 1.29 is 4.52 Å². The molecule has 0 bridgehead atoms. The highest BCUT2D eigenvalue weighted by atomic mass is 16.5. The summed E-state index contributed by atoms with van der Waals surface area (Å²) in [6, 6.07) is 27.0. The molecular formula is C24H22N2O. The number of nitrogens with zero attached hydrogens (tertiary/aromatic N) is 2. The van der Waals surface area contributed by atoms with E-state index in [1.54, 1.807) is 0 Å². The summed E-state index contributed by atoms with van der Waals surface area (Å²) in [5, 5.41) is 8.26. The lowest BCUT2D eigenvalue weighted by molar-refractivity contribution is 0.403. The molecule has 0 aliphatic rings. The van der Waals surface area contributed by atoms with E-state index in [-0.39, 0.29) is 0 Å². The normalized spacial score (nSPS) is 10.9. The molecule has 4 aromatic rings. The lowest BCUT2D eigenvalue weighted by Crippen LogP contribution is -1.92. The second kappa shape index (κ2) is 8.00. The summed E-state index contributed by atoms with van der Waals surface area (Å²) in [5.41, 5.74) is 6.45. The van der Waals surface area contributed by atoms with Crippen LogP contribution in [0.5, 0.6) is 0 Å². The molecule has 3 nitrogen and oxygen atoms in total. The van der Waals surface area contributed by atoms with Crippen LogP contribution >= 0.6 is 0 Å². The van der Waals surface area contributed by atoms with Crippen molar-refractivity contribution in [1.82, 2.24) is 10.4 Å². The van der Waals surface area contributed by atoms with Crippen molar-refractivity contribution in [2.45, 2.75) is 26.2 Å². The largest absolute Gasteiger partial charge is 0.336 e. The number of aryl methyl sites for hydroxylation is 1. The third-order valence-corrected chi connectivity index (χ3v) is 4.82. The summed E-state index contributed by atoms with van der Waals surface area (Å²) < 4.78 is 5.66. The van der Waals surface area contributed by atoms with E-state index in [1.807, 2.05) is 36.4 Å². The van der Waals surface area contributed by atoms with Gasteiger partial charge in [0.2, 0.25) is 0 Å². The maximum absolute atomic E-state index is 5.66. The average molecular weight is 354 g/mol. The minimum Gasteiger partial charge on any atom is -0.336 e. The lowest BCUT2D eigenvalue weighted by atomic mass is 9.94. The minimum atomic E-state index is 0.741. The number of unbranched alkanes of at least 4 members (excludes halogenated alkanes) is 1. The zero-order valence-electron chi connectivity index (χ0n) is 15.4. The molecule has 27 heavy (non-hydrogen) atoms. The van der Waals surface area contributed by atoms with Crippen molar-refractivity contribution in [1.29, 1.82) is 0 Å². The molecule has 0 amide bonds. The lowest BCUT2D eigenvalue weighted by Gasteiger charge is -2.10. The van der Waals surface area contributed by atoms with Crippen LogP contribution < -0.4 is 0 Å². The number of rotatable bonds is 6. The fourth-order valence-corrected chi connectivity index (χ4v) is 3.43. The summed E-state index contributed by atoms with van der Waals surface area (Å²) in [5.74, 6) is 0.741. The van der Waals surface area contributed by atoms with Crippen molar-refractivity contribution in [3.05, 3.63) is 84.4 Å². The topological polar surface area (TPSA) is 38.9 Å². The molecule has 134 valence electrons. The molecular weight excluding hydrogens is 332 g/mol. The van der Waals surface area contributed by atoms with E-state index in [4.69, 9.17) is 4.52 Å². The monoisotopic (exact) mass is 354 g/mol. The predicted molar refractivity (Wildman–Crippen MR) is 109 cm³/mol. The van der Waals surface area contributed by atoms with Crippen LogP contribution in [-0.2, 0) is 6.42 Å². The molecule has 0 radical (unpaired) electrons. The Bertz CT molecular complexity index is 1020. The Kier molecular flexibility index (Phi) is 5.10. The summed E-state index contributed by atoms with van der Waals surface area (Å²) in [6.45, 7) is 2.21. The average Bonchev–Trinajstić information content (AvgIpc) is 3.22. The first kappa shape index (κ1) is 17.2. The summed E-state index contributed by atoms with van der Waals surface area (Å²) >= 11 is 0. The van der Waals surface area contributed by atoms with Crippen molar-refractivity contribution in [2.24, 2.45) is 0 Å². The van der Waals surface area contributed by atoms with E-state index in [0.717, 1.165) is 53.0 Å². The number of aromatic nitrogens is 2. The first-order valence-electron chi connectivity index (χ1n) is 9.44. The molecule has 0 saturated carbocycles. The van der Waals surface area contributed by atoms with E-state index < -0.39 is 0 Å². The molecule has 0 saturated heterocycles. The van der Waals surface area contributed by atoms with Crippen LogP contribution in [0.1, 0.15) is 25.3 Å². The molecule has 1 aromatic heterocycles. The van der Waals surface area contributed by atoms with Crippen LogP contribution in [0.15, 0.2) is 83.4 Å². The van der Waals surface area contributed by atoms with Crippen LogP contribution in [-0.4, -0.2) is 10.4 Å². The Hall–Kier alpha value is -3.20. The third kappa shape index (κ3) is 3.54. The van der Waals surface area contributed by atoms with Gasteiger partial charge in [-0.2, -0.15) is 0 Å². The van der Waals surface area contributed by atoms with Gasteiger partial charge in [-0.25, -0.2) is 0 Å². The molecule has 0 aliphatic heterocycles. The Labute approximate surface area is 159 Å². The second-order valence-corrected chi connectivity index (χ2v) is 6.62. The fraction of sp³-hybridized carbons (Fsp3) is 0.167.